The zero-order valence-corrected chi connectivity index (χ0v) is 28.9. The largest absolute Gasteiger partial charge is 0.310 e. The lowest BCUT2D eigenvalue weighted by atomic mass is 9.43. The summed E-state index contributed by atoms with van der Waals surface area (Å²) in [6.45, 7) is 0. The number of nitrogens with zero attached hydrogens (tertiary/aromatic N) is 1. The summed E-state index contributed by atoms with van der Waals surface area (Å²) in [6.07, 6.45) is 6.96. The summed E-state index contributed by atoms with van der Waals surface area (Å²) in [5, 5.41) is 2.57. The Morgan fingerprint density at radius 2 is 0.961 bits per heavy atom. The van der Waals surface area contributed by atoms with E-state index >= 15 is 0 Å². The topological polar surface area (TPSA) is 3.24 Å². The van der Waals surface area contributed by atoms with Gasteiger partial charge in [-0.3, -0.25) is 0 Å². The van der Waals surface area contributed by atoms with Gasteiger partial charge in [-0.1, -0.05) is 133 Å². The second kappa shape index (κ2) is 11.3. The van der Waals surface area contributed by atoms with Gasteiger partial charge < -0.3 is 4.90 Å². The Bertz CT molecular complexity index is 2390. The lowest BCUT2D eigenvalue weighted by Crippen LogP contribution is -2.55. The molecule has 4 bridgehead atoms. The Labute approximate surface area is 301 Å². The quantitative estimate of drug-likeness (QED) is 0.178. The van der Waals surface area contributed by atoms with E-state index in [4.69, 9.17) is 0 Å². The molecule has 5 aliphatic carbocycles. The average molecular weight is 656 g/mol. The van der Waals surface area contributed by atoms with Crippen LogP contribution in [-0.4, -0.2) is 0 Å². The molecule has 12 rings (SSSR count). The average Bonchev–Trinajstić information content (AvgIpc) is 3.49. The van der Waals surface area contributed by atoms with E-state index < -0.39 is 0 Å². The second-order valence-electron chi connectivity index (χ2n) is 15.7. The molecular weight excluding hydrogens is 615 g/mol. The zero-order chi connectivity index (χ0) is 33.5. The number of rotatable bonds is 5. The first-order valence-corrected chi connectivity index (χ1v) is 19.0. The highest BCUT2D eigenvalue weighted by Crippen LogP contribution is 2.71. The summed E-state index contributed by atoms with van der Waals surface area (Å²) >= 11 is 0. The normalized spacial score (nSPS) is 23.8. The van der Waals surface area contributed by atoms with Gasteiger partial charge in [-0.15, -0.1) is 0 Å². The first-order valence-electron chi connectivity index (χ1n) is 19.0. The first-order chi connectivity index (χ1) is 25.3. The van der Waals surface area contributed by atoms with Gasteiger partial charge >= 0.3 is 0 Å². The molecule has 7 aromatic carbocycles. The third-order valence-corrected chi connectivity index (χ3v) is 13.2. The molecule has 0 saturated heterocycles. The van der Waals surface area contributed by atoms with E-state index in [0.717, 1.165) is 11.8 Å². The number of hydrogen-bond acceptors (Lipinski definition) is 1. The smallest absolute Gasteiger partial charge is 0.0509 e. The van der Waals surface area contributed by atoms with Crippen molar-refractivity contribution in [3.8, 4) is 33.4 Å². The summed E-state index contributed by atoms with van der Waals surface area (Å²) in [4.78, 5) is 2.58. The van der Waals surface area contributed by atoms with Crippen LogP contribution < -0.4 is 4.90 Å². The van der Waals surface area contributed by atoms with E-state index in [9.17, 15) is 0 Å². The minimum Gasteiger partial charge on any atom is -0.310 e. The molecule has 246 valence electrons. The summed E-state index contributed by atoms with van der Waals surface area (Å²) in [5.74, 6) is 3.22. The molecule has 0 aliphatic heterocycles. The minimum absolute atomic E-state index is 0.0705. The highest BCUT2D eigenvalue weighted by molar-refractivity contribution is 5.97. The fourth-order valence-corrected chi connectivity index (χ4v) is 11.5. The Hall–Kier alpha value is -5.40. The summed E-state index contributed by atoms with van der Waals surface area (Å²) in [6, 6.07) is 61.5. The van der Waals surface area contributed by atoms with Crippen LogP contribution >= 0.6 is 0 Å². The highest BCUT2D eigenvalue weighted by Gasteiger charge is 2.62. The van der Waals surface area contributed by atoms with Crippen LogP contribution in [0.15, 0.2) is 164 Å². The van der Waals surface area contributed by atoms with E-state index in [1.165, 1.54) is 93.3 Å². The number of anilines is 3. The molecular formula is C50H41N. The highest BCUT2D eigenvalue weighted by atomic mass is 15.1. The molecule has 5 aliphatic rings. The van der Waals surface area contributed by atoms with Gasteiger partial charge in [-0.05, 0) is 141 Å². The van der Waals surface area contributed by atoms with Crippen molar-refractivity contribution in [1.29, 1.82) is 0 Å². The molecule has 1 spiro atoms. The molecule has 0 aromatic heterocycles. The van der Waals surface area contributed by atoms with Crippen LogP contribution in [0.1, 0.15) is 43.2 Å². The van der Waals surface area contributed by atoms with Gasteiger partial charge in [-0.2, -0.15) is 0 Å². The lowest BCUT2D eigenvalue weighted by molar-refractivity contribution is -0.0397. The maximum absolute atomic E-state index is 2.58. The number of fused-ring (bicyclic) bond motifs is 4. The van der Waals surface area contributed by atoms with Gasteiger partial charge in [0.1, 0.15) is 0 Å². The van der Waals surface area contributed by atoms with Crippen LogP contribution in [0, 0.1) is 23.7 Å². The molecule has 0 atom stereocenters. The molecule has 1 heteroatoms. The summed E-state index contributed by atoms with van der Waals surface area (Å²) < 4.78 is 0. The van der Waals surface area contributed by atoms with Crippen LogP contribution in [0.25, 0.3) is 44.2 Å². The number of benzene rings is 7. The number of hydrogen-bond donors (Lipinski definition) is 0. The Morgan fingerprint density at radius 3 is 1.71 bits per heavy atom. The lowest BCUT2D eigenvalue weighted by Gasteiger charge is -2.61. The molecule has 4 fully saturated rings. The third-order valence-electron chi connectivity index (χ3n) is 13.2. The Kier molecular flexibility index (Phi) is 6.50. The van der Waals surface area contributed by atoms with Crippen molar-refractivity contribution < 1.29 is 0 Å². The predicted molar refractivity (Wildman–Crippen MR) is 213 cm³/mol. The zero-order valence-electron chi connectivity index (χ0n) is 28.9. The van der Waals surface area contributed by atoms with Crippen molar-refractivity contribution in [1.82, 2.24) is 0 Å². The maximum atomic E-state index is 2.58. The van der Waals surface area contributed by atoms with Crippen molar-refractivity contribution in [2.75, 3.05) is 4.90 Å². The van der Waals surface area contributed by atoms with E-state index in [1.807, 2.05) is 0 Å². The standard InChI is InChI=1S/C50H41N/c1-2-10-35(11-3-1)36-20-24-41(25-21-36)51(42-26-22-38(23-27-42)44-16-8-13-37-12-4-5-14-43(37)44)48-19-9-17-46-45-15-6-7-18-47(45)50(49(46)48)39-29-33-28-34(31-39)32-40(50)30-33/h1-27,33-34,39-40H,28-32H2. The van der Waals surface area contributed by atoms with Crippen molar-refractivity contribution in [2.45, 2.75) is 37.5 Å². The maximum Gasteiger partial charge on any atom is 0.0509 e. The summed E-state index contributed by atoms with van der Waals surface area (Å²) in [7, 11) is 0. The molecule has 0 amide bonds. The summed E-state index contributed by atoms with van der Waals surface area (Å²) in [5.41, 5.74) is 15.0. The van der Waals surface area contributed by atoms with Crippen LogP contribution in [0.3, 0.4) is 0 Å². The van der Waals surface area contributed by atoms with Crippen molar-refractivity contribution in [3.63, 3.8) is 0 Å². The fraction of sp³-hybridized carbons (Fsp3) is 0.200. The van der Waals surface area contributed by atoms with E-state index in [2.05, 4.69) is 169 Å². The predicted octanol–water partition coefficient (Wildman–Crippen LogP) is 13.4. The SMILES string of the molecule is c1ccc(-c2ccc(N(c3ccc(-c4cccc5ccccc45)cc3)c3cccc4c3C3(c5ccccc5-4)C4CC5CC(C4)CC3C5)cc2)cc1. The fourth-order valence-electron chi connectivity index (χ4n) is 11.5. The van der Waals surface area contributed by atoms with Gasteiger partial charge in [0.05, 0.1) is 5.69 Å². The van der Waals surface area contributed by atoms with Crippen LogP contribution in [0.5, 0.6) is 0 Å². The molecule has 51 heavy (non-hydrogen) atoms. The van der Waals surface area contributed by atoms with Gasteiger partial charge in [-0.25, -0.2) is 0 Å². The van der Waals surface area contributed by atoms with Crippen LogP contribution in [0.2, 0.25) is 0 Å². The Morgan fingerprint density at radius 1 is 0.412 bits per heavy atom. The molecule has 7 aromatic rings. The molecule has 1 nitrogen and oxygen atoms in total. The van der Waals surface area contributed by atoms with Gasteiger partial charge in [0.2, 0.25) is 0 Å². The Balaban J connectivity index is 1.11. The van der Waals surface area contributed by atoms with Crippen molar-refractivity contribution in [3.05, 3.63) is 175 Å². The first kappa shape index (κ1) is 29.3. The third kappa shape index (κ3) is 4.34. The van der Waals surface area contributed by atoms with Gasteiger partial charge in [0, 0.05) is 16.8 Å². The molecule has 0 heterocycles. The van der Waals surface area contributed by atoms with Gasteiger partial charge in [0.25, 0.3) is 0 Å². The minimum atomic E-state index is 0.0705. The van der Waals surface area contributed by atoms with Gasteiger partial charge in [0.15, 0.2) is 0 Å². The molecule has 0 unspecified atom stereocenters. The van der Waals surface area contributed by atoms with Crippen LogP contribution in [0.4, 0.5) is 17.1 Å². The molecule has 0 N–H and O–H groups in total. The van der Waals surface area contributed by atoms with Crippen LogP contribution in [-0.2, 0) is 5.41 Å². The monoisotopic (exact) mass is 655 g/mol. The van der Waals surface area contributed by atoms with E-state index in [0.29, 0.717) is 11.8 Å². The van der Waals surface area contributed by atoms with Crippen molar-refractivity contribution in [2.24, 2.45) is 23.7 Å². The molecule has 0 radical (unpaired) electrons. The second-order valence-corrected chi connectivity index (χ2v) is 15.7. The van der Waals surface area contributed by atoms with E-state index in [-0.39, 0.29) is 5.41 Å². The van der Waals surface area contributed by atoms with Crippen molar-refractivity contribution >= 4 is 27.8 Å². The molecule has 4 saturated carbocycles. The van der Waals surface area contributed by atoms with E-state index in [1.54, 1.807) is 11.1 Å².